The second-order valence-electron chi connectivity index (χ2n) is 8.81. The van der Waals surface area contributed by atoms with Crippen molar-refractivity contribution in [1.29, 1.82) is 0 Å². The van der Waals surface area contributed by atoms with Gasteiger partial charge in [-0.2, -0.15) is 4.98 Å². The van der Waals surface area contributed by atoms with Gasteiger partial charge in [0.25, 0.3) is 5.91 Å². The molecule has 2 fully saturated rings. The molecule has 3 aromatic rings. The van der Waals surface area contributed by atoms with Gasteiger partial charge in [0.05, 0.1) is 11.0 Å². The van der Waals surface area contributed by atoms with E-state index in [1.54, 1.807) is 17.3 Å². The second kappa shape index (κ2) is 8.54. The van der Waals surface area contributed by atoms with Gasteiger partial charge >= 0.3 is 0 Å². The van der Waals surface area contributed by atoms with Gasteiger partial charge in [-0.3, -0.25) is 14.6 Å². The van der Waals surface area contributed by atoms with Crippen molar-refractivity contribution in [3.63, 3.8) is 0 Å². The van der Waals surface area contributed by atoms with Gasteiger partial charge in [-0.25, -0.2) is 9.97 Å². The molecule has 1 saturated carbocycles. The zero-order valence-corrected chi connectivity index (χ0v) is 19.1. The lowest BCUT2D eigenvalue weighted by atomic mass is 9.78. The average molecular weight is 451 g/mol. The van der Waals surface area contributed by atoms with Gasteiger partial charge in [0, 0.05) is 43.7 Å². The van der Waals surface area contributed by atoms with Crippen LogP contribution in [0, 0.1) is 18.8 Å². The molecule has 1 saturated heterocycles. The fourth-order valence-corrected chi connectivity index (χ4v) is 5.08. The van der Waals surface area contributed by atoms with Gasteiger partial charge in [0.1, 0.15) is 10.5 Å². The first-order chi connectivity index (χ1) is 15.5. The first kappa shape index (κ1) is 20.9. The Hall–Kier alpha value is -2.94. The number of carbonyl (C=O) groups excluding carboxylic acids is 2. The molecule has 32 heavy (non-hydrogen) atoms. The van der Waals surface area contributed by atoms with Crippen LogP contribution in [0.5, 0.6) is 0 Å². The largest absolute Gasteiger partial charge is 0.348 e. The van der Waals surface area contributed by atoms with E-state index in [0.717, 1.165) is 23.4 Å². The summed E-state index contributed by atoms with van der Waals surface area (Å²) >= 11 is 1.43. The highest BCUT2D eigenvalue weighted by atomic mass is 32.1. The van der Waals surface area contributed by atoms with E-state index >= 15 is 0 Å². The number of Topliss-reactive ketones (excluding diaryl/α,β-unsaturated/α-hetero) is 1. The third-order valence-corrected chi connectivity index (χ3v) is 7.35. The number of pyridine rings is 1. The van der Waals surface area contributed by atoms with Crippen LogP contribution in [0.4, 0.5) is 5.95 Å². The van der Waals surface area contributed by atoms with E-state index < -0.39 is 0 Å². The number of fused-ring (bicyclic) bond motifs is 1. The summed E-state index contributed by atoms with van der Waals surface area (Å²) in [6, 6.07) is 3.79. The minimum absolute atomic E-state index is 0.0743. The Morgan fingerprint density at radius 2 is 2.06 bits per heavy atom. The second-order valence-corrected chi connectivity index (χ2v) is 10.0. The van der Waals surface area contributed by atoms with E-state index in [0.29, 0.717) is 47.3 Å². The zero-order valence-electron chi connectivity index (χ0n) is 18.2. The number of nitrogens with one attached hydrogen (secondary N) is 1. The summed E-state index contributed by atoms with van der Waals surface area (Å²) in [6.07, 6.45) is 7.34. The van der Waals surface area contributed by atoms with E-state index in [4.69, 9.17) is 0 Å². The summed E-state index contributed by atoms with van der Waals surface area (Å²) in [5.74, 6) is 1.14. The predicted molar refractivity (Wildman–Crippen MR) is 123 cm³/mol. The molecular formula is C23H26N6O2S. The highest BCUT2D eigenvalue weighted by Gasteiger charge is 2.36. The molecule has 9 heteroatoms. The summed E-state index contributed by atoms with van der Waals surface area (Å²) in [6.45, 7) is 5.11. The van der Waals surface area contributed by atoms with Gasteiger partial charge in [0.15, 0.2) is 11.3 Å². The Morgan fingerprint density at radius 3 is 2.75 bits per heavy atom. The molecule has 0 bridgehead atoms. The summed E-state index contributed by atoms with van der Waals surface area (Å²) in [5, 5.41) is 4.12. The minimum atomic E-state index is -0.120. The number of aryl methyl sites for hydroxylation is 1. The Morgan fingerprint density at radius 1 is 1.25 bits per heavy atom. The maximum atomic E-state index is 13.3. The molecule has 0 radical (unpaired) electrons. The number of hydrogen-bond acceptors (Lipinski definition) is 8. The van der Waals surface area contributed by atoms with Crippen LogP contribution in [-0.2, 0) is 4.79 Å². The van der Waals surface area contributed by atoms with Crippen LogP contribution in [0.1, 0.15) is 59.7 Å². The van der Waals surface area contributed by atoms with Crippen molar-refractivity contribution < 1.29 is 9.59 Å². The number of ketones is 1. The molecule has 1 aliphatic heterocycles. The van der Waals surface area contributed by atoms with Crippen molar-refractivity contribution >= 4 is 39.3 Å². The number of anilines is 1. The minimum Gasteiger partial charge on any atom is -0.348 e. The van der Waals surface area contributed by atoms with Crippen LogP contribution >= 0.6 is 11.3 Å². The predicted octanol–water partition coefficient (Wildman–Crippen LogP) is 3.79. The molecule has 1 N–H and O–H groups in total. The first-order valence-corrected chi connectivity index (χ1v) is 11.9. The van der Waals surface area contributed by atoms with E-state index in [-0.39, 0.29) is 23.8 Å². The van der Waals surface area contributed by atoms with Crippen molar-refractivity contribution in [3.8, 4) is 0 Å². The van der Waals surface area contributed by atoms with E-state index in [1.165, 1.54) is 17.8 Å². The van der Waals surface area contributed by atoms with E-state index in [1.807, 2.05) is 26.0 Å². The maximum absolute atomic E-state index is 13.3. The number of thiazole rings is 1. The number of amides is 1. The number of aromatic nitrogens is 4. The summed E-state index contributed by atoms with van der Waals surface area (Å²) in [5.41, 5.74) is 1.91. The molecule has 3 aromatic heterocycles. The Kier molecular flexibility index (Phi) is 5.58. The highest BCUT2D eigenvalue weighted by molar-refractivity contribution is 7.18. The van der Waals surface area contributed by atoms with Gasteiger partial charge < -0.3 is 10.2 Å². The topological polar surface area (TPSA) is 101 Å². The van der Waals surface area contributed by atoms with Gasteiger partial charge in [-0.15, -0.1) is 11.3 Å². The van der Waals surface area contributed by atoms with E-state index in [9.17, 15) is 9.59 Å². The highest BCUT2D eigenvalue weighted by Crippen LogP contribution is 2.32. The number of rotatable bonds is 7. The molecule has 0 aromatic carbocycles. The number of carbonyl (C=O) groups is 2. The van der Waals surface area contributed by atoms with Crippen LogP contribution in [0.15, 0.2) is 24.5 Å². The quantitative estimate of drug-likeness (QED) is 0.584. The van der Waals surface area contributed by atoms with Crippen LogP contribution < -0.4 is 5.32 Å². The van der Waals surface area contributed by atoms with Crippen LogP contribution in [0.2, 0.25) is 0 Å². The number of likely N-dealkylation sites (tertiary alicyclic amines) is 1. The zero-order chi connectivity index (χ0) is 22.2. The number of hydrogen-bond donors (Lipinski definition) is 1. The average Bonchev–Trinajstić information content (AvgIpc) is 3.08. The SMILES string of the molecule is Cc1nc2nc(NC(C)c3cccnc3)nc(C(=O)N3CC(CC(=O)C4CCC4)C3)c2s1. The Balaban J connectivity index is 1.32. The molecule has 8 nitrogen and oxygen atoms in total. The summed E-state index contributed by atoms with van der Waals surface area (Å²) in [7, 11) is 0. The van der Waals surface area contributed by atoms with Crippen LogP contribution in [-0.4, -0.2) is 49.6 Å². The first-order valence-electron chi connectivity index (χ1n) is 11.1. The molecule has 1 atom stereocenters. The fraction of sp³-hybridized carbons (Fsp3) is 0.478. The molecule has 1 amide bonds. The van der Waals surface area contributed by atoms with Crippen LogP contribution in [0.25, 0.3) is 10.3 Å². The lowest BCUT2D eigenvalue weighted by Crippen LogP contribution is -2.51. The molecule has 5 rings (SSSR count). The van der Waals surface area contributed by atoms with Crippen molar-refractivity contribution in [2.75, 3.05) is 18.4 Å². The summed E-state index contributed by atoms with van der Waals surface area (Å²) in [4.78, 5) is 45.1. The monoisotopic (exact) mass is 450 g/mol. The molecule has 1 unspecified atom stereocenters. The van der Waals surface area contributed by atoms with Crippen molar-refractivity contribution in [2.45, 2.75) is 45.6 Å². The van der Waals surface area contributed by atoms with Crippen molar-refractivity contribution in [3.05, 3.63) is 40.8 Å². The smallest absolute Gasteiger partial charge is 0.274 e. The molecular weight excluding hydrogens is 424 g/mol. The van der Waals surface area contributed by atoms with Crippen molar-refractivity contribution in [2.24, 2.45) is 11.8 Å². The Labute approximate surface area is 190 Å². The normalized spacial score (nSPS) is 17.6. The third kappa shape index (κ3) is 4.09. The molecule has 4 heterocycles. The maximum Gasteiger partial charge on any atom is 0.274 e. The molecule has 0 spiro atoms. The van der Waals surface area contributed by atoms with Crippen LogP contribution in [0.3, 0.4) is 0 Å². The number of nitrogens with zero attached hydrogens (tertiary/aromatic N) is 5. The van der Waals surface area contributed by atoms with Gasteiger partial charge in [-0.1, -0.05) is 12.5 Å². The van der Waals surface area contributed by atoms with Crippen molar-refractivity contribution in [1.82, 2.24) is 24.8 Å². The lowest BCUT2D eigenvalue weighted by Gasteiger charge is -2.39. The molecule has 1 aliphatic carbocycles. The molecule has 166 valence electrons. The van der Waals surface area contributed by atoms with Gasteiger partial charge in [0.2, 0.25) is 5.95 Å². The third-order valence-electron chi connectivity index (χ3n) is 6.39. The lowest BCUT2D eigenvalue weighted by molar-refractivity contribution is -0.127. The standard InChI is InChI=1S/C23H26N6O2S/c1-13(17-7-4-8-24-10-17)25-23-27-19(20-21(28-23)26-14(2)32-20)22(31)29-11-15(12-29)9-18(30)16-5-3-6-16/h4,7-8,10,13,15-16H,3,5-6,9,11-12H2,1-2H3,(H,25,27,28). The molecule has 2 aliphatic rings. The van der Waals surface area contributed by atoms with Gasteiger partial charge in [-0.05, 0) is 38.3 Å². The van der Waals surface area contributed by atoms with E-state index in [2.05, 4.69) is 25.3 Å². The fourth-order valence-electron chi connectivity index (χ4n) is 4.24. The summed E-state index contributed by atoms with van der Waals surface area (Å²) < 4.78 is 0.709. The Bertz CT molecular complexity index is 1150.